The molecule has 1 atom stereocenters. The Kier molecular flexibility index (Phi) is 3.53. The normalized spacial score (nSPS) is 12.7. The molecule has 0 saturated heterocycles. The molecule has 1 aromatic heterocycles. The monoisotopic (exact) mass is 244 g/mol. The highest BCUT2D eigenvalue weighted by atomic mass is 16.5. The van der Waals surface area contributed by atoms with E-state index in [1.165, 1.54) is 11.1 Å². The Labute approximate surface area is 108 Å². The molecule has 0 saturated carbocycles. The molecule has 1 heterocycles. The summed E-state index contributed by atoms with van der Waals surface area (Å²) in [6.45, 7) is 6.89. The van der Waals surface area contributed by atoms with E-state index in [2.05, 4.69) is 32.9 Å². The first-order valence-electron chi connectivity index (χ1n) is 6.23. The van der Waals surface area contributed by atoms with Crippen molar-refractivity contribution in [3.8, 4) is 5.75 Å². The van der Waals surface area contributed by atoms with Gasteiger partial charge in [0.2, 0.25) is 0 Å². The Balaban J connectivity index is 2.75. The van der Waals surface area contributed by atoms with Crippen molar-refractivity contribution >= 4 is 10.9 Å². The Hall–Kier alpha value is -1.61. The van der Waals surface area contributed by atoms with E-state index < -0.39 is 0 Å². The number of hydrogen-bond acceptors (Lipinski definition) is 3. The molecule has 3 nitrogen and oxygen atoms in total. The van der Waals surface area contributed by atoms with Gasteiger partial charge in [-0.1, -0.05) is 13.0 Å². The third kappa shape index (κ3) is 2.06. The lowest BCUT2D eigenvalue weighted by Crippen LogP contribution is -2.12. The van der Waals surface area contributed by atoms with Crippen molar-refractivity contribution in [3.05, 3.63) is 35.0 Å². The van der Waals surface area contributed by atoms with Gasteiger partial charge in [0.25, 0.3) is 0 Å². The highest BCUT2D eigenvalue weighted by Gasteiger charge is 2.13. The second-order valence-corrected chi connectivity index (χ2v) is 4.81. The molecule has 2 N–H and O–H groups in total. The summed E-state index contributed by atoms with van der Waals surface area (Å²) >= 11 is 0. The predicted molar refractivity (Wildman–Crippen MR) is 75.2 cm³/mol. The summed E-state index contributed by atoms with van der Waals surface area (Å²) in [6.07, 6.45) is 0. The van der Waals surface area contributed by atoms with Crippen LogP contribution < -0.4 is 10.5 Å². The lowest BCUT2D eigenvalue weighted by Gasteiger charge is -2.15. The molecule has 0 radical (unpaired) electrons. The van der Waals surface area contributed by atoms with Gasteiger partial charge in [0.1, 0.15) is 11.3 Å². The third-order valence-corrected chi connectivity index (χ3v) is 3.44. The van der Waals surface area contributed by atoms with Gasteiger partial charge in [-0.05, 0) is 37.1 Å². The van der Waals surface area contributed by atoms with E-state index in [9.17, 15) is 0 Å². The van der Waals surface area contributed by atoms with Gasteiger partial charge in [-0.25, -0.2) is 4.98 Å². The minimum Gasteiger partial charge on any atom is -0.494 e. The predicted octanol–water partition coefficient (Wildman–Crippen LogP) is 2.92. The molecule has 3 heteroatoms. The van der Waals surface area contributed by atoms with Crippen LogP contribution in [0.15, 0.2) is 18.2 Å². The number of nitrogens with two attached hydrogens (primary N) is 1. The highest BCUT2D eigenvalue weighted by Crippen LogP contribution is 2.30. The van der Waals surface area contributed by atoms with Crippen molar-refractivity contribution < 1.29 is 4.74 Å². The molecular formula is C15H20N2O. The number of rotatable bonds is 3. The van der Waals surface area contributed by atoms with Gasteiger partial charge in [-0.15, -0.1) is 0 Å². The Morgan fingerprint density at radius 3 is 2.61 bits per heavy atom. The molecule has 96 valence electrons. The number of aryl methyl sites for hydroxylation is 2. The number of methoxy groups -OCH3 is 1. The molecule has 0 fully saturated rings. The maximum Gasteiger partial charge on any atom is 0.145 e. The number of hydrogen-bond donors (Lipinski definition) is 1. The molecule has 0 bridgehead atoms. The molecule has 0 amide bonds. The maximum atomic E-state index is 5.75. The molecule has 0 spiro atoms. The molecule has 0 aliphatic heterocycles. The number of ether oxygens (including phenoxy) is 1. The van der Waals surface area contributed by atoms with Crippen molar-refractivity contribution in [3.63, 3.8) is 0 Å². The zero-order chi connectivity index (χ0) is 13.3. The van der Waals surface area contributed by atoms with E-state index in [-0.39, 0.29) is 5.92 Å². The molecule has 1 unspecified atom stereocenters. The first-order valence-corrected chi connectivity index (χ1v) is 6.23. The van der Waals surface area contributed by atoms with Gasteiger partial charge in [0.15, 0.2) is 0 Å². The number of benzene rings is 1. The smallest absolute Gasteiger partial charge is 0.145 e. The average Bonchev–Trinajstić information content (AvgIpc) is 2.38. The highest BCUT2D eigenvalue weighted by molar-refractivity contribution is 5.88. The summed E-state index contributed by atoms with van der Waals surface area (Å²) in [7, 11) is 1.68. The SMILES string of the molecule is COc1ccc(C)c2cc(C)c(C(C)CN)nc12. The van der Waals surface area contributed by atoms with Gasteiger partial charge in [-0.2, -0.15) is 0 Å². The van der Waals surface area contributed by atoms with E-state index in [0.29, 0.717) is 6.54 Å². The van der Waals surface area contributed by atoms with Gasteiger partial charge in [-0.3, -0.25) is 0 Å². The fourth-order valence-corrected chi connectivity index (χ4v) is 2.26. The van der Waals surface area contributed by atoms with Gasteiger partial charge >= 0.3 is 0 Å². The minimum absolute atomic E-state index is 0.264. The van der Waals surface area contributed by atoms with Crippen LogP contribution in [0.4, 0.5) is 0 Å². The van der Waals surface area contributed by atoms with Crippen molar-refractivity contribution in [1.29, 1.82) is 0 Å². The fourth-order valence-electron chi connectivity index (χ4n) is 2.26. The van der Waals surface area contributed by atoms with Crippen molar-refractivity contribution in [1.82, 2.24) is 4.98 Å². The second kappa shape index (κ2) is 4.94. The van der Waals surface area contributed by atoms with Crippen LogP contribution in [0.3, 0.4) is 0 Å². The molecule has 18 heavy (non-hydrogen) atoms. The number of pyridine rings is 1. The van der Waals surface area contributed by atoms with Gasteiger partial charge in [0, 0.05) is 23.5 Å². The molecule has 2 aromatic rings. The molecular weight excluding hydrogens is 224 g/mol. The van der Waals surface area contributed by atoms with Crippen LogP contribution >= 0.6 is 0 Å². The fraction of sp³-hybridized carbons (Fsp3) is 0.400. The van der Waals surface area contributed by atoms with Crippen LogP contribution in [0, 0.1) is 13.8 Å². The first kappa shape index (κ1) is 12.8. The maximum absolute atomic E-state index is 5.75. The molecule has 1 aromatic carbocycles. The Morgan fingerprint density at radius 1 is 1.28 bits per heavy atom. The number of fused-ring (bicyclic) bond motifs is 1. The summed E-state index contributed by atoms with van der Waals surface area (Å²) in [6, 6.07) is 6.22. The topological polar surface area (TPSA) is 48.1 Å². The van der Waals surface area contributed by atoms with Crippen LogP contribution in [0.1, 0.15) is 29.7 Å². The van der Waals surface area contributed by atoms with E-state index in [1.807, 2.05) is 6.07 Å². The van der Waals surface area contributed by atoms with Gasteiger partial charge < -0.3 is 10.5 Å². The van der Waals surface area contributed by atoms with E-state index >= 15 is 0 Å². The summed E-state index contributed by atoms with van der Waals surface area (Å²) < 4.78 is 5.40. The van der Waals surface area contributed by atoms with Crippen LogP contribution in [-0.2, 0) is 0 Å². The summed E-state index contributed by atoms with van der Waals surface area (Å²) in [5.74, 6) is 1.08. The quantitative estimate of drug-likeness (QED) is 0.903. The second-order valence-electron chi connectivity index (χ2n) is 4.81. The van der Waals surface area contributed by atoms with Gasteiger partial charge in [0.05, 0.1) is 7.11 Å². The van der Waals surface area contributed by atoms with Crippen LogP contribution in [-0.4, -0.2) is 18.6 Å². The zero-order valence-corrected chi connectivity index (χ0v) is 11.4. The Bertz CT molecular complexity index is 578. The van der Waals surface area contributed by atoms with Crippen LogP contribution in [0.5, 0.6) is 5.75 Å². The lowest BCUT2D eigenvalue weighted by atomic mass is 9.99. The number of aromatic nitrogens is 1. The lowest BCUT2D eigenvalue weighted by molar-refractivity contribution is 0.418. The molecule has 0 aliphatic rings. The van der Waals surface area contributed by atoms with Crippen molar-refractivity contribution in [2.24, 2.45) is 5.73 Å². The number of nitrogens with zero attached hydrogens (tertiary/aromatic N) is 1. The van der Waals surface area contributed by atoms with E-state index in [4.69, 9.17) is 15.5 Å². The third-order valence-electron chi connectivity index (χ3n) is 3.44. The summed E-state index contributed by atoms with van der Waals surface area (Å²) in [5.41, 5.74) is 10.1. The summed E-state index contributed by atoms with van der Waals surface area (Å²) in [5, 5.41) is 1.15. The van der Waals surface area contributed by atoms with Crippen LogP contribution in [0.25, 0.3) is 10.9 Å². The zero-order valence-electron chi connectivity index (χ0n) is 11.4. The molecule has 2 rings (SSSR count). The van der Waals surface area contributed by atoms with Crippen molar-refractivity contribution in [2.45, 2.75) is 26.7 Å². The standard InChI is InChI=1S/C15H20N2O/c1-9-5-6-13(18-4)15-12(9)7-10(2)14(17-15)11(3)8-16/h5-7,11H,8,16H2,1-4H3. The van der Waals surface area contributed by atoms with E-state index in [0.717, 1.165) is 22.3 Å². The van der Waals surface area contributed by atoms with Crippen LogP contribution in [0.2, 0.25) is 0 Å². The van der Waals surface area contributed by atoms with E-state index in [1.54, 1.807) is 7.11 Å². The largest absolute Gasteiger partial charge is 0.494 e. The molecule has 0 aliphatic carbocycles. The first-order chi connectivity index (χ1) is 8.58. The average molecular weight is 244 g/mol. The summed E-state index contributed by atoms with van der Waals surface area (Å²) in [4.78, 5) is 4.77. The Morgan fingerprint density at radius 2 is 2.00 bits per heavy atom. The van der Waals surface area contributed by atoms with Crippen molar-refractivity contribution in [2.75, 3.05) is 13.7 Å². The minimum atomic E-state index is 0.264.